The Hall–Kier alpha value is -0.160. The fraction of sp³-hybridized carbons (Fsp3) is 1.00. The van der Waals surface area contributed by atoms with Crippen LogP contribution in [0.5, 0.6) is 0 Å². The van der Waals surface area contributed by atoms with Gasteiger partial charge in [-0.05, 0) is 27.2 Å². The van der Waals surface area contributed by atoms with E-state index in [2.05, 4.69) is 18.7 Å². The Morgan fingerprint density at radius 1 is 1.00 bits per heavy atom. The highest BCUT2D eigenvalue weighted by molar-refractivity contribution is 4.66. The predicted molar refractivity (Wildman–Crippen MR) is 74.9 cm³/mol. The molecule has 0 saturated heterocycles. The van der Waals surface area contributed by atoms with Gasteiger partial charge >= 0.3 is 0 Å². The molecule has 18 heavy (non-hydrogen) atoms. The zero-order valence-corrected chi connectivity index (χ0v) is 12.8. The third-order valence-electron chi connectivity index (χ3n) is 3.15. The van der Waals surface area contributed by atoms with Crippen LogP contribution in [0.15, 0.2) is 0 Å². The summed E-state index contributed by atoms with van der Waals surface area (Å²) in [4.78, 5) is 2.44. The Balaban J connectivity index is 4.11. The summed E-state index contributed by atoms with van der Waals surface area (Å²) in [6, 6.07) is 0.573. The molecule has 110 valence electrons. The minimum Gasteiger partial charge on any atom is -0.383 e. The summed E-state index contributed by atoms with van der Waals surface area (Å²) < 4.78 is 16.3. The smallest absolute Gasteiger partial charge is 0.158 e. The van der Waals surface area contributed by atoms with Gasteiger partial charge in [0.05, 0.1) is 6.61 Å². The maximum absolute atomic E-state index is 5.57. The molecule has 0 saturated carbocycles. The van der Waals surface area contributed by atoms with Crippen LogP contribution < -0.4 is 0 Å². The standard InChI is InChI=1S/C14H31NO3/c1-6-13(4)15(11-12-16-5)10-9-14(17-7-2)18-8-3/h13-14H,6-12H2,1-5H3. The number of methoxy groups -OCH3 is 1. The summed E-state index contributed by atoms with van der Waals surface area (Å²) in [5.41, 5.74) is 0. The minimum atomic E-state index is -0.0749. The average Bonchev–Trinajstić information content (AvgIpc) is 2.38. The second kappa shape index (κ2) is 11.9. The molecule has 0 aliphatic rings. The van der Waals surface area contributed by atoms with E-state index in [9.17, 15) is 0 Å². The molecule has 0 aromatic heterocycles. The molecule has 1 atom stereocenters. The first-order valence-electron chi connectivity index (χ1n) is 7.15. The van der Waals surface area contributed by atoms with E-state index in [4.69, 9.17) is 14.2 Å². The quantitative estimate of drug-likeness (QED) is 0.505. The summed E-state index contributed by atoms with van der Waals surface area (Å²) in [5.74, 6) is 0. The molecule has 4 heteroatoms. The number of hydrogen-bond acceptors (Lipinski definition) is 4. The lowest BCUT2D eigenvalue weighted by Gasteiger charge is -2.29. The van der Waals surface area contributed by atoms with E-state index in [0.717, 1.165) is 32.5 Å². The van der Waals surface area contributed by atoms with E-state index in [1.807, 2.05) is 13.8 Å². The van der Waals surface area contributed by atoms with Gasteiger partial charge in [-0.1, -0.05) is 6.92 Å². The van der Waals surface area contributed by atoms with Gasteiger partial charge in [0.25, 0.3) is 0 Å². The maximum atomic E-state index is 5.57. The van der Waals surface area contributed by atoms with Crippen molar-refractivity contribution in [1.82, 2.24) is 4.90 Å². The van der Waals surface area contributed by atoms with Crippen molar-refractivity contribution in [3.05, 3.63) is 0 Å². The third-order valence-corrected chi connectivity index (χ3v) is 3.15. The predicted octanol–water partition coefficient (Wildman–Crippen LogP) is 2.52. The van der Waals surface area contributed by atoms with Gasteiger partial charge in [0.15, 0.2) is 6.29 Å². The fourth-order valence-corrected chi connectivity index (χ4v) is 1.88. The summed E-state index contributed by atoms with van der Waals surface area (Å²) in [6.45, 7) is 12.6. The van der Waals surface area contributed by atoms with Crippen LogP contribution >= 0.6 is 0 Å². The topological polar surface area (TPSA) is 30.9 Å². The Morgan fingerprint density at radius 3 is 2.06 bits per heavy atom. The van der Waals surface area contributed by atoms with E-state index >= 15 is 0 Å². The van der Waals surface area contributed by atoms with Crippen LogP contribution in [-0.4, -0.2) is 57.3 Å². The monoisotopic (exact) mass is 261 g/mol. The van der Waals surface area contributed by atoms with E-state index in [-0.39, 0.29) is 6.29 Å². The molecule has 0 N–H and O–H groups in total. The van der Waals surface area contributed by atoms with Crippen LogP contribution in [0.4, 0.5) is 0 Å². The maximum Gasteiger partial charge on any atom is 0.158 e. The van der Waals surface area contributed by atoms with Crippen LogP contribution in [0.3, 0.4) is 0 Å². The first kappa shape index (κ1) is 17.8. The number of ether oxygens (including phenoxy) is 3. The minimum absolute atomic E-state index is 0.0749. The SMILES string of the molecule is CCOC(CCN(CCOC)C(C)CC)OCC. The normalized spacial score (nSPS) is 13.5. The molecule has 0 rings (SSSR count). The van der Waals surface area contributed by atoms with Gasteiger partial charge in [-0.15, -0.1) is 0 Å². The molecule has 0 fully saturated rings. The first-order chi connectivity index (χ1) is 8.69. The van der Waals surface area contributed by atoms with Gasteiger partial charge in [-0.25, -0.2) is 0 Å². The lowest BCUT2D eigenvalue weighted by Crippen LogP contribution is -2.38. The zero-order valence-electron chi connectivity index (χ0n) is 12.8. The van der Waals surface area contributed by atoms with Crippen molar-refractivity contribution in [2.45, 2.75) is 52.9 Å². The van der Waals surface area contributed by atoms with Crippen molar-refractivity contribution < 1.29 is 14.2 Å². The van der Waals surface area contributed by atoms with Crippen molar-refractivity contribution in [3.8, 4) is 0 Å². The highest BCUT2D eigenvalue weighted by atomic mass is 16.7. The van der Waals surface area contributed by atoms with Crippen LogP contribution in [0.1, 0.15) is 40.5 Å². The van der Waals surface area contributed by atoms with Gasteiger partial charge in [0.1, 0.15) is 0 Å². The Bertz CT molecular complexity index is 172. The highest BCUT2D eigenvalue weighted by Crippen LogP contribution is 2.08. The molecule has 0 aliphatic heterocycles. The molecule has 0 heterocycles. The molecular weight excluding hydrogens is 230 g/mol. The van der Waals surface area contributed by atoms with Gasteiger partial charge < -0.3 is 14.2 Å². The molecule has 1 unspecified atom stereocenters. The van der Waals surface area contributed by atoms with Gasteiger partial charge in [-0.3, -0.25) is 4.90 Å². The first-order valence-corrected chi connectivity index (χ1v) is 7.15. The average molecular weight is 261 g/mol. The second-order valence-corrected chi connectivity index (χ2v) is 4.41. The number of nitrogens with zero attached hydrogens (tertiary/aromatic N) is 1. The van der Waals surface area contributed by atoms with Gasteiger partial charge in [-0.2, -0.15) is 0 Å². The van der Waals surface area contributed by atoms with Crippen LogP contribution in [0.2, 0.25) is 0 Å². The molecule has 0 amide bonds. The molecule has 0 aromatic carbocycles. The molecule has 0 bridgehead atoms. The fourth-order valence-electron chi connectivity index (χ4n) is 1.88. The van der Waals surface area contributed by atoms with Crippen LogP contribution in [-0.2, 0) is 14.2 Å². The molecule has 0 spiro atoms. The molecule has 0 radical (unpaired) electrons. The Labute approximate surface area is 113 Å². The lowest BCUT2D eigenvalue weighted by atomic mass is 10.2. The number of hydrogen-bond donors (Lipinski definition) is 0. The van der Waals surface area contributed by atoms with Gasteiger partial charge in [0.2, 0.25) is 0 Å². The largest absolute Gasteiger partial charge is 0.383 e. The summed E-state index contributed by atoms with van der Waals surface area (Å²) >= 11 is 0. The second-order valence-electron chi connectivity index (χ2n) is 4.41. The summed E-state index contributed by atoms with van der Waals surface area (Å²) in [7, 11) is 1.75. The van der Waals surface area contributed by atoms with Crippen molar-refractivity contribution >= 4 is 0 Å². The Morgan fingerprint density at radius 2 is 1.61 bits per heavy atom. The van der Waals surface area contributed by atoms with Gasteiger partial charge in [0, 0.05) is 45.9 Å². The molecular formula is C14H31NO3. The van der Waals surface area contributed by atoms with E-state index in [1.54, 1.807) is 7.11 Å². The lowest BCUT2D eigenvalue weighted by molar-refractivity contribution is -0.142. The molecule has 0 aromatic rings. The van der Waals surface area contributed by atoms with Crippen molar-refractivity contribution in [3.63, 3.8) is 0 Å². The van der Waals surface area contributed by atoms with Crippen LogP contribution in [0.25, 0.3) is 0 Å². The third kappa shape index (κ3) is 8.03. The van der Waals surface area contributed by atoms with E-state index in [1.165, 1.54) is 0 Å². The Kier molecular flexibility index (Phi) is 11.8. The summed E-state index contributed by atoms with van der Waals surface area (Å²) in [6.07, 6.45) is 1.99. The van der Waals surface area contributed by atoms with Crippen LogP contribution in [0, 0.1) is 0 Å². The van der Waals surface area contributed by atoms with E-state index in [0.29, 0.717) is 19.3 Å². The van der Waals surface area contributed by atoms with Crippen molar-refractivity contribution in [1.29, 1.82) is 0 Å². The number of rotatable bonds is 12. The van der Waals surface area contributed by atoms with E-state index < -0.39 is 0 Å². The summed E-state index contributed by atoms with van der Waals surface area (Å²) in [5, 5.41) is 0. The van der Waals surface area contributed by atoms with Crippen molar-refractivity contribution in [2.75, 3.05) is 40.0 Å². The molecule has 0 aliphatic carbocycles. The van der Waals surface area contributed by atoms with Crippen molar-refractivity contribution in [2.24, 2.45) is 0 Å². The zero-order chi connectivity index (χ0) is 13.8. The molecule has 4 nitrogen and oxygen atoms in total. The highest BCUT2D eigenvalue weighted by Gasteiger charge is 2.15.